The second kappa shape index (κ2) is 5.85. The van der Waals surface area contributed by atoms with Crippen molar-refractivity contribution in [1.82, 2.24) is 0 Å². The molecule has 2 N–H and O–H groups in total. The molecule has 0 aliphatic heterocycles. The fourth-order valence-corrected chi connectivity index (χ4v) is 2.20. The topological polar surface area (TPSA) is 29.3 Å². The SMILES string of the molecule is CCN(c1cccc(C)c1)C(C)CC(N)=S. The Kier molecular flexibility index (Phi) is 4.74. The second-order valence-electron chi connectivity index (χ2n) is 4.14. The molecule has 1 atom stereocenters. The van der Waals surface area contributed by atoms with Gasteiger partial charge in [-0.15, -0.1) is 0 Å². The van der Waals surface area contributed by atoms with E-state index in [1.165, 1.54) is 11.3 Å². The van der Waals surface area contributed by atoms with E-state index in [9.17, 15) is 0 Å². The Hall–Kier alpha value is -1.09. The molecule has 88 valence electrons. The van der Waals surface area contributed by atoms with E-state index in [1.54, 1.807) is 0 Å². The van der Waals surface area contributed by atoms with Crippen molar-refractivity contribution >= 4 is 22.9 Å². The highest BCUT2D eigenvalue weighted by Crippen LogP contribution is 2.19. The largest absolute Gasteiger partial charge is 0.393 e. The quantitative estimate of drug-likeness (QED) is 0.797. The second-order valence-corrected chi connectivity index (χ2v) is 4.67. The molecule has 3 heteroatoms. The summed E-state index contributed by atoms with van der Waals surface area (Å²) in [6.07, 6.45) is 0.761. The summed E-state index contributed by atoms with van der Waals surface area (Å²) in [5.41, 5.74) is 8.12. The number of thiocarbonyl (C=S) groups is 1. The number of aryl methyl sites for hydroxylation is 1. The Morgan fingerprint density at radius 1 is 1.50 bits per heavy atom. The Morgan fingerprint density at radius 2 is 2.19 bits per heavy atom. The van der Waals surface area contributed by atoms with Gasteiger partial charge >= 0.3 is 0 Å². The van der Waals surface area contributed by atoms with Crippen molar-refractivity contribution in [2.45, 2.75) is 33.2 Å². The molecule has 0 saturated carbocycles. The molecule has 2 nitrogen and oxygen atoms in total. The predicted molar refractivity (Wildman–Crippen MR) is 75.1 cm³/mol. The molecular weight excluding hydrogens is 216 g/mol. The number of hydrogen-bond donors (Lipinski definition) is 1. The van der Waals surface area contributed by atoms with E-state index in [4.69, 9.17) is 18.0 Å². The van der Waals surface area contributed by atoms with Gasteiger partial charge < -0.3 is 10.6 Å². The van der Waals surface area contributed by atoms with Crippen LogP contribution in [0.25, 0.3) is 0 Å². The zero-order chi connectivity index (χ0) is 12.1. The summed E-state index contributed by atoms with van der Waals surface area (Å²) in [7, 11) is 0. The molecule has 0 saturated heterocycles. The van der Waals surface area contributed by atoms with Gasteiger partial charge in [-0.3, -0.25) is 0 Å². The zero-order valence-electron chi connectivity index (χ0n) is 10.2. The van der Waals surface area contributed by atoms with E-state index in [-0.39, 0.29) is 0 Å². The number of anilines is 1. The molecular formula is C13H20N2S. The molecule has 0 aliphatic carbocycles. The van der Waals surface area contributed by atoms with Gasteiger partial charge in [-0.2, -0.15) is 0 Å². The first-order chi connectivity index (χ1) is 7.54. The van der Waals surface area contributed by atoms with Crippen LogP contribution in [-0.4, -0.2) is 17.6 Å². The van der Waals surface area contributed by atoms with Gasteiger partial charge in [0.2, 0.25) is 0 Å². The first-order valence-electron chi connectivity index (χ1n) is 5.66. The van der Waals surface area contributed by atoms with Crippen LogP contribution in [0.3, 0.4) is 0 Å². The van der Waals surface area contributed by atoms with Gasteiger partial charge in [0, 0.05) is 24.7 Å². The Labute approximate surface area is 103 Å². The summed E-state index contributed by atoms with van der Waals surface area (Å²) < 4.78 is 0. The number of nitrogens with two attached hydrogens (primary N) is 1. The molecule has 0 aromatic heterocycles. The third kappa shape index (κ3) is 3.49. The molecule has 1 rings (SSSR count). The molecule has 0 heterocycles. The average molecular weight is 236 g/mol. The van der Waals surface area contributed by atoms with Crippen LogP contribution in [0.15, 0.2) is 24.3 Å². The van der Waals surface area contributed by atoms with Gasteiger partial charge in [0.1, 0.15) is 0 Å². The van der Waals surface area contributed by atoms with Crippen LogP contribution in [0.1, 0.15) is 25.8 Å². The number of rotatable bonds is 5. The van der Waals surface area contributed by atoms with Gasteiger partial charge in [-0.1, -0.05) is 24.4 Å². The maximum Gasteiger partial charge on any atom is 0.0747 e. The van der Waals surface area contributed by atoms with E-state index >= 15 is 0 Å². The predicted octanol–water partition coefficient (Wildman–Crippen LogP) is 2.89. The highest BCUT2D eigenvalue weighted by Gasteiger charge is 2.13. The van der Waals surface area contributed by atoms with Crippen molar-refractivity contribution in [3.05, 3.63) is 29.8 Å². The Morgan fingerprint density at radius 3 is 2.69 bits per heavy atom. The van der Waals surface area contributed by atoms with Crippen LogP contribution in [0.4, 0.5) is 5.69 Å². The molecule has 0 spiro atoms. The van der Waals surface area contributed by atoms with Crippen molar-refractivity contribution < 1.29 is 0 Å². The van der Waals surface area contributed by atoms with Crippen molar-refractivity contribution in [3.8, 4) is 0 Å². The van der Waals surface area contributed by atoms with Crippen LogP contribution in [0.5, 0.6) is 0 Å². The average Bonchev–Trinajstić information content (AvgIpc) is 2.17. The van der Waals surface area contributed by atoms with E-state index in [0.29, 0.717) is 11.0 Å². The minimum atomic E-state index is 0.351. The van der Waals surface area contributed by atoms with E-state index < -0.39 is 0 Å². The normalized spacial score (nSPS) is 12.2. The third-order valence-electron chi connectivity index (χ3n) is 2.70. The fraction of sp³-hybridized carbons (Fsp3) is 0.462. The molecule has 0 bridgehead atoms. The smallest absolute Gasteiger partial charge is 0.0747 e. The zero-order valence-corrected chi connectivity index (χ0v) is 11.1. The van der Waals surface area contributed by atoms with Crippen LogP contribution >= 0.6 is 12.2 Å². The lowest BCUT2D eigenvalue weighted by atomic mass is 10.1. The maximum atomic E-state index is 5.60. The van der Waals surface area contributed by atoms with E-state index in [1.807, 2.05) is 0 Å². The minimum absolute atomic E-state index is 0.351. The molecule has 0 fully saturated rings. The highest BCUT2D eigenvalue weighted by atomic mass is 32.1. The van der Waals surface area contributed by atoms with Gasteiger partial charge in [-0.25, -0.2) is 0 Å². The number of nitrogens with zero attached hydrogens (tertiary/aromatic N) is 1. The molecule has 0 aliphatic rings. The molecule has 1 unspecified atom stereocenters. The van der Waals surface area contributed by atoms with Gasteiger partial charge in [0.15, 0.2) is 0 Å². The first kappa shape index (κ1) is 13.0. The minimum Gasteiger partial charge on any atom is -0.393 e. The summed E-state index contributed by atoms with van der Waals surface area (Å²) in [6.45, 7) is 7.38. The standard InChI is InChI=1S/C13H20N2S/c1-4-15(11(3)9-13(14)16)12-7-5-6-10(2)8-12/h5-8,11H,4,9H2,1-3H3,(H2,14,16). The monoisotopic (exact) mass is 236 g/mol. The van der Waals surface area contributed by atoms with Crippen molar-refractivity contribution in [1.29, 1.82) is 0 Å². The van der Waals surface area contributed by atoms with E-state index in [0.717, 1.165) is 13.0 Å². The summed E-state index contributed by atoms with van der Waals surface area (Å²) >= 11 is 4.97. The van der Waals surface area contributed by atoms with Crippen LogP contribution in [0.2, 0.25) is 0 Å². The Bertz CT molecular complexity index is 363. The van der Waals surface area contributed by atoms with Crippen molar-refractivity contribution in [2.24, 2.45) is 5.73 Å². The molecule has 1 aromatic carbocycles. The molecule has 16 heavy (non-hydrogen) atoms. The molecule has 1 aromatic rings. The van der Waals surface area contributed by atoms with Crippen LogP contribution < -0.4 is 10.6 Å². The van der Waals surface area contributed by atoms with Gasteiger partial charge in [0.05, 0.1) is 4.99 Å². The van der Waals surface area contributed by atoms with Crippen molar-refractivity contribution in [2.75, 3.05) is 11.4 Å². The first-order valence-corrected chi connectivity index (χ1v) is 6.07. The van der Waals surface area contributed by atoms with Crippen molar-refractivity contribution in [3.63, 3.8) is 0 Å². The lowest BCUT2D eigenvalue weighted by Gasteiger charge is -2.30. The lowest BCUT2D eigenvalue weighted by Crippen LogP contribution is -2.35. The van der Waals surface area contributed by atoms with Gasteiger partial charge in [0.25, 0.3) is 0 Å². The summed E-state index contributed by atoms with van der Waals surface area (Å²) in [6, 6.07) is 8.87. The summed E-state index contributed by atoms with van der Waals surface area (Å²) in [5.74, 6) is 0. The van der Waals surface area contributed by atoms with E-state index in [2.05, 4.69) is 49.9 Å². The lowest BCUT2D eigenvalue weighted by molar-refractivity contribution is 0.671. The maximum absolute atomic E-state index is 5.60. The number of hydrogen-bond acceptors (Lipinski definition) is 2. The Balaban J connectivity index is 2.85. The highest BCUT2D eigenvalue weighted by molar-refractivity contribution is 7.80. The third-order valence-corrected chi connectivity index (χ3v) is 2.87. The molecule has 0 radical (unpaired) electrons. The van der Waals surface area contributed by atoms with Crippen LogP contribution in [0, 0.1) is 6.92 Å². The molecule has 0 amide bonds. The van der Waals surface area contributed by atoms with Gasteiger partial charge in [-0.05, 0) is 38.5 Å². The summed E-state index contributed by atoms with van der Waals surface area (Å²) in [4.78, 5) is 2.91. The van der Waals surface area contributed by atoms with Crippen LogP contribution in [-0.2, 0) is 0 Å². The number of benzene rings is 1. The summed E-state index contributed by atoms with van der Waals surface area (Å²) in [5, 5.41) is 0. The fourth-order valence-electron chi connectivity index (χ4n) is 1.96.